The Bertz CT molecular complexity index is 868. The summed E-state index contributed by atoms with van der Waals surface area (Å²) >= 11 is 18.0. The van der Waals surface area contributed by atoms with E-state index in [9.17, 15) is 8.42 Å². The van der Waals surface area contributed by atoms with Crippen LogP contribution < -0.4 is 0 Å². The molecule has 2 unspecified atom stereocenters. The Hall–Kier alpha value is -0.780. The quantitative estimate of drug-likeness (QED) is 0.637. The molecule has 1 fully saturated rings. The van der Waals surface area contributed by atoms with Crippen LogP contribution in [-0.4, -0.2) is 19.8 Å². The van der Waals surface area contributed by atoms with Crippen molar-refractivity contribution in [3.63, 3.8) is 0 Å². The molecule has 0 N–H and O–H groups in total. The van der Waals surface area contributed by atoms with Crippen molar-refractivity contribution in [2.24, 2.45) is 0 Å². The van der Waals surface area contributed by atoms with Crippen LogP contribution >= 0.6 is 34.8 Å². The molecule has 25 heavy (non-hydrogen) atoms. The average Bonchev–Trinajstić information content (AvgIpc) is 3.06. The maximum absolute atomic E-state index is 12.8. The third-order valence-corrected chi connectivity index (χ3v) is 7.84. The molecule has 3 rings (SSSR count). The van der Waals surface area contributed by atoms with Crippen molar-refractivity contribution in [3.8, 4) is 0 Å². The number of halogens is 3. The Balaban J connectivity index is 1.63. The molecule has 0 radical (unpaired) electrons. The molecule has 0 saturated heterocycles. The van der Waals surface area contributed by atoms with E-state index in [1.165, 1.54) is 0 Å². The second-order valence-electron chi connectivity index (χ2n) is 6.09. The van der Waals surface area contributed by atoms with E-state index in [1.54, 1.807) is 36.4 Å². The van der Waals surface area contributed by atoms with Gasteiger partial charge in [0.1, 0.15) is 0 Å². The minimum atomic E-state index is -3.45. The zero-order valence-corrected chi connectivity index (χ0v) is 16.4. The van der Waals surface area contributed by atoms with Crippen molar-refractivity contribution in [2.75, 3.05) is 0 Å². The lowest BCUT2D eigenvalue weighted by atomic mass is 10.2. The van der Waals surface area contributed by atoms with Gasteiger partial charge in [-0.15, -0.1) is 0 Å². The summed E-state index contributed by atoms with van der Waals surface area (Å²) in [5.74, 6) is 0. The smallest absolute Gasteiger partial charge is 0.182 e. The van der Waals surface area contributed by atoms with Gasteiger partial charge in [0.15, 0.2) is 9.84 Å². The van der Waals surface area contributed by atoms with Crippen LogP contribution in [0.4, 0.5) is 0 Å². The first-order valence-electron chi connectivity index (χ1n) is 7.92. The van der Waals surface area contributed by atoms with E-state index in [0.717, 1.165) is 5.56 Å². The van der Waals surface area contributed by atoms with E-state index >= 15 is 0 Å². The second kappa shape index (κ2) is 7.85. The second-order valence-corrected chi connectivity index (χ2v) is 9.51. The molecule has 3 nitrogen and oxygen atoms in total. The average molecular weight is 420 g/mol. The van der Waals surface area contributed by atoms with Crippen molar-refractivity contribution in [3.05, 3.63) is 63.1 Å². The lowest BCUT2D eigenvalue weighted by molar-refractivity contribution is 0.0458. The monoisotopic (exact) mass is 418 g/mol. The number of rotatable bonds is 5. The van der Waals surface area contributed by atoms with E-state index in [2.05, 4.69) is 0 Å². The molecule has 0 bridgehead atoms. The number of benzene rings is 2. The zero-order chi connectivity index (χ0) is 18.0. The van der Waals surface area contributed by atoms with Crippen molar-refractivity contribution >= 4 is 44.6 Å². The molecule has 1 saturated carbocycles. The van der Waals surface area contributed by atoms with E-state index in [-0.39, 0.29) is 16.0 Å². The van der Waals surface area contributed by atoms with Crippen LogP contribution in [0.15, 0.2) is 47.4 Å². The normalized spacial score (nSPS) is 20.8. The summed E-state index contributed by atoms with van der Waals surface area (Å²) in [5, 5.41) is 0.777. The summed E-state index contributed by atoms with van der Waals surface area (Å²) in [5.41, 5.74) is 0.909. The third kappa shape index (κ3) is 4.32. The molecule has 0 heterocycles. The summed E-state index contributed by atoms with van der Waals surface area (Å²) < 4.78 is 31.4. The fraction of sp³-hybridized carbons (Fsp3) is 0.333. The highest BCUT2D eigenvalue weighted by Crippen LogP contribution is 2.34. The van der Waals surface area contributed by atoms with E-state index in [4.69, 9.17) is 39.5 Å². The van der Waals surface area contributed by atoms with Gasteiger partial charge in [-0.3, -0.25) is 0 Å². The Morgan fingerprint density at radius 2 is 1.72 bits per heavy atom. The highest BCUT2D eigenvalue weighted by atomic mass is 35.5. The Morgan fingerprint density at radius 1 is 0.960 bits per heavy atom. The predicted octanol–water partition coefficient (Wildman–Crippen LogP) is 5.56. The summed E-state index contributed by atoms with van der Waals surface area (Å²) in [6.07, 6.45) is 1.64. The Morgan fingerprint density at radius 3 is 2.44 bits per heavy atom. The molecule has 2 atom stereocenters. The first-order chi connectivity index (χ1) is 11.9. The maximum Gasteiger partial charge on any atom is 0.182 e. The largest absolute Gasteiger partial charge is 0.373 e. The van der Waals surface area contributed by atoms with Crippen LogP contribution in [0, 0.1) is 0 Å². The lowest BCUT2D eigenvalue weighted by Gasteiger charge is -2.14. The molecule has 2 aromatic carbocycles. The third-order valence-electron chi connectivity index (χ3n) is 4.39. The number of ether oxygens (including phenoxy) is 1. The van der Waals surface area contributed by atoms with Gasteiger partial charge in [0, 0.05) is 0 Å². The summed E-state index contributed by atoms with van der Waals surface area (Å²) in [6, 6.07) is 11.9. The van der Waals surface area contributed by atoms with Crippen molar-refractivity contribution in [2.45, 2.75) is 42.1 Å². The molecule has 0 aromatic heterocycles. The SMILES string of the molecule is O=S(=O)(c1ccccc1Cl)C1CCC(OCc2ccc(Cl)c(Cl)c2)C1. The van der Waals surface area contributed by atoms with E-state index in [0.29, 0.717) is 35.9 Å². The van der Waals surface area contributed by atoms with Gasteiger partial charge in [-0.1, -0.05) is 53.0 Å². The fourth-order valence-electron chi connectivity index (χ4n) is 3.03. The van der Waals surface area contributed by atoms with E-state index < -0.39 is 15.1 Å². The molecule has 0 aliphatic heterocycles. The van der Waals surface area contributed by atoms with Crippen LogP contribution in [0.1, 0.15) is 24.8 Å². The molecular weight excluding hydrogens is 403 g/mol. The predicted molar refractivity (Wildman–Crippen MR) is 101 cm³/mol. The molecule has 0 spiro atoms. The molecule has 0 amide bonds. The molecule has 1 aliphatic carbocycles. The van der Waals surface area contributed by atoms with Gasteiger partial charge in [0.25, 0.3) is 0 Å². The molecular formula is C18H17Cl3O3S. The van der Waals surface area contributed by atoms with Crippen LogP contribution in [0.25, 0.3) is 0 Å². The van der Waals surface area contributed by atoms with Gasteiger partial charge in [0.2, 0.25) is 0 Å². The van der Waals surface area contributed by atoms with Gasteiger partial charge in [-0.05, 0) is 49.1 Å². The maximum atomic E-state index is 12.8. The van der Waals surface area contributed by atoms with Gasteiger partial charge in [-0.25, -0.2) is 8.42 Å². The van der Waals surface area contributed by atoms with Gasteiger partial charge < -0.3 is 4.74 Å². The van der Waals surface area contributed by atoms with Crippen LogP contribution in [0.5, 0.6) is 0 Å². The number of hydrogen-bond donors (Lipinski definition) is 0. The highest BCUT2D eigenvalue weighted by molar-refractivity contribution is 7.92. The van der Waals surface area contributed by atoms with Gasteiger partial charge in [-0.2, -0.15) is 0 Å². The van der Waals surface area contributed by atoms with Crippen LogP contribution in [0.2, 0.25) is 15.1 Å². The van der Waals surface area contributed by atoms with E-state index in [1.807, 2.05) is 6.07 Å². The molecule has 1 aliphatic rings. The number of hydrogen-bond acceptors (Lipinski definition) is 3. The summed E-state index contributed by atoms with van der Waals surface area (Å²) in [7, 11) is -3.45. The van der Waals surface area contributed by atoms with Crippen molar-refractivity contribution in [1.29, 1.82) is 0 Å². The van der Waals surface area contributed by atoms with Crippen molar-refractivity contribution in [1.82, 2.24) is 0 Å². The fourth-order valence-corrected chi connectivity index (χ4v) is 5.69. The minimum absolute atomic E-state index is 0.100. The Kier molecular flexibility index (Phi) is 5.96. The Labute approximate surface area is 162 Å². The molecule has 2 aromatic rings. The summed E-state index contributed by atoms with van der Waals surface area (Å²) in [4.78, 5) is 0.201. The topological polar surface area (TPSA) is 43.4 Å². The standard InChI is InChI=1S/C18H17Cl3O3S/c19-15-8-5-12(9-17(15)21)11-24-13-6-7-14(10-13)25(22,23)18-4-2-1-3-16(18)20/h1-5,8-9,13-14H,6-7,10-11H2. The first kappa shape index (κ1) is 19.0. The van der Waals surface area contributed by atoms with Crippen LogP contribution in [0.3, 0.4) is 0 Å². The van der Waals surface area contributed by atoms with Crippen molar-refractivity contribution < 1.29 is 13.2 Å². The minimum Gasteiger partial charge on any atom is -0.373 e. The zero-order valence-electron chi connectivity index (χ0n) is 13.3. The highest BCUT2D eigenvalue weighted by Gasteiger charge is 2.36. The molecule has 134 valence electrons. The number of sulfone groups is 1. The lowest BCUT2D eigenvalue weighted by Crippen LogP contribution is -2.20. The van der Waals surface area contributed by atoms with Gasteiger partial charge in [0.05, 0.1) is 37.9 Å². The summed E-state index contributed by atoms with van der Waals surface area (Å²) in [6.45, 7) is 0.375. The molecule has 7 heteroatoms. The van der Waals surface area contributed by atoms with Gasteiger partial charge >= 0.3 is 0 Å². The van der Waals surface area contributed by atoms with Crippen LogP contribution in [-0.2, 0) is 21.2 Å². The first-order valence-corrected chi connectivity index (χ1v) is 10.6.